The molecule has 17 heavy (non-hydrogen) atoms. The van der Waals surface area contributed by atoms with Crippen molar-refractivity contribution in [2.45, 2.75) is 26.9 Å². The van der Waals surface area contributed by atoms with Crippen molar-refractivity contribution in [2.75, 3.05) is 32.0 Å². The Morgan fingerprint density at radius 2 is 2.24 bits per heavy atom. The van der Waals surface area contributed by atoms with Crippen molar-refractivity contribution in [3.63, 3.8) is 0 Å². The molecule has 5 nitrogen and oxygen atoms in total. The van der Waals surface area contributed by atoms with Crippen molar-refractivity contribution < 1.29 is 4.74 Å². The molecule has 0 unspecified atom stereocenters. The van der Waals surface area contributed by atoms with Crippen LogP contribution in [0.15, 0.2) is 12.3 Å². The fourth-order valence-corrected chi connectivity index (χ4v) is 1.25. The van der Waals surface area contributed by atoms with Crippen molar-refractivity contribution in [1.82, 2.24) is 14.9 Å². The zero-order chi connectivity index (χ0) is 12.7. The van der Waals surface area contributed by atoms with Gasteiger partial charge < -0.3 is 15.0 Å². The first kappa shape index (κ1) is 13.7. The Morgan fingerprint density at radius 3 is 2.88 bits per heavy atom. The summed E-state index contributed by atoms with van der Waals surface area (Å²) in [5.41, 5.74) is 0. The molecule has 0 amide bonds. The summed E-state index contributed by atoms with van der Waals surface area (Å²) >= 11 is 0. The molecule has 0 aliphatic rings. The zero-order valence-corrected chi connectivity index (χ0v) is 11.1. The molecule has 1 N–H and O–H groups in total. The maximum absolute atomic E-state index is 5.50. The highest BCUT2D eigenvalue weighted by atomic mass is 16.5. The Bertz CT molecular complexity index is 330. The minimum absolute atomic E-state index is 0.129. The number of likely N-dealkylation sites (N-methyl/N-ethyl adjacent to an activating group) is 1. The molecule has 0 saturated carbocycles. The topological polar surface area (TPSA) is 50.3 Å². The molecule has 0 aromatic carbocycles. The van der Waals surface area contributed by atoms with E-state index in [1.165, 1.54) is 0 Å². The van der Waals surface area contributed by atoms with Gasteiger partial charge in [-0.1, -0.05) is 6.92 Å². The van der Waals surface area contributed by atoms with Crippen LogP contribution in [-0.2, 0) is 0 Å². The van der Waals surface area contributed by atoms with Crippen LogP contribution in [0.1, 0.15) is 20.8 Å². The van der Waals surface area contributed by atoms with Crippen LogP contribution >= 0.6 is 0 Å². The van der Waals surface area contributed by atoms with Crippen molar-refractivity contribution in [1.29, 1.82) is 0 Å². The highest BCUT2D eigenvalue weighted by molar-refractivity contribution is 5.27. The van der Waals surface area contributed by atoms with Crippen LogP contribution in [0.25, 0.3) is 0 Å². The fraction of sp³-hybridized carbons (Fsp3) is 0.667. The van der Waals surface area contributed by atoms with Gasteiger partial charge in [0.05, 0.1) is 6.10 Å². The van der Waals surface area contributed by atoms with Gasteiger partial charge in [-0.05, 0) is 27.4 Å². The van der Waals surface area contributed by atoms with Crippen LogP contribution in [0.2, 0.25) is 0 Å². The SMILES string of the molecule is CCN(C)CCNc1nccc(OC(C)C)n1. The van der Waals surface area contributed by atoms with Crippen LogP contribution in [0.5, 0.6) is 5.88 Å². The van der Waals surface area contributed by atoms with Crippen LogP contribution in [0.4, 0.5) is 5.95 Å². The molecule has 0 fully saturated rings. The van der Waals surface area contributed by atoms with Gasteiger partial charge in [-0.2, -0.15) is 4.98 Å². The smallest absolute Gasteiger partial charge is 0.225 e. The summed E-state index contributed by atoms with van der Waals surface area (Å²) < 4.78 is 5.50. The second-order valence-electron chi connectivity index (χ2n) is 4.21. The van der Waals surface area contributed by atoms with Gasteiger partial charge in [-0.3, -0.25) is 0 Å². The summed E-state index contributed by atoms with van der Waals surface area (Å²) in [6, 6.07) is 1.77. The molecule has 1 heterocycles. The lowest BCUT2D eigenvalue weighted by atomic mass is 10.5. The van der Waals surface area contributed by atoms with Crippen LogP contribution < -0.4 is 10.1 Å². The van der Waals surface area contributed by atoms with E-state index in [0.717, 1.165) is 19.6 Å². The van der Waals surface area contributed by atoms with E-state index in [9.17, 15) is 0 Å². The van der Waals surface area contributed by atoms with Gasteiger partial charge in [-0.25, -0.2) is 4.98 Å². The zero-order valence-electron chi connectivity index (χ0n) is 11.1. The van der Waals surface area contributed by atoms with E-state index in [1.807, 2.05) is 13.8 Å². The first-order chi connectivity index (χ1) is 8.11. The van der Waals surface area contributed by atoms with Gasteiger partial charge in [0.2, 0.25) is 11.8 Å². The Labute approximate surface area is 103 Å². The minimum Gasteiger partial charge on any atom is -0.475 e. The van der Waals surface area contributed by atoms with E-state index < -0.39 is 0 Å². The Morgan fingerprint density at radius 1 is 1.47 bits per heavy atom. The molecule has 0 radical (unpaired) electrons. The number of rotatable bonds is 7. The van der Waals surface area contributed by atoms with Gasteiger partial charge in [0.25, 0.3) is 0 Å². The second-order valence-corrected chi connectivity index (χ2v) is 4.21. The van der Waals surface area contributed by atoms with E-state index in [1.54, 1.807) is 12.3 Å². The van der Waals surface area contributed by atoms with E-state index in [2.05, 4.69) is 34.2 Å². The fourth-order valence-electron chi connectivity index (χ4n) is 1.25. The average Bonchev–Trinajstić information content (AvgIpc) is 2.28. The molecule has 1 aromatic heterocycles. The Hall–Kier alpha value is -1.36. The lowest BCUT2D eigenvalue weighted by molar-refractivity contribution is 0.232. The molecule has 1 aromatic rings. The third-order valence-corrected chi connectivity index (χ3v) is 2.30. The third-order valence-electron chi connectivity index (χ3n) is 2.30. The van der Waals surface area contributed by atoms with E-state index in [4.69, 9.17) is 4.74 Å². The lowest BCUT2D eigenvalue weighted by Gasteiger charge is -2.14. The van der Waals surface area contributed by atoms with Gasteiger partial charge in [0.1, 0.15) is 0 Å². The molecule has 0 aliphatic heterocycles. The lowest BCUT2D eigenvalue weighted by Crippen LogP contribution is -2.25. The molecule has 0 atom stereocenters. The number of hydrogen-bond acceptors (Lipinski definition) is 5. The van der Waals surface area contributed by atoms with Gasteiger partial charge >= 0.3 is 0 Å². The maximum atomic E-state index is 5.50. The van der Waals surface area contributed by atoms with Gasteiger partial charge in [0, 0.05) is 25.4 Å². The van der Waals surface area contributed by atoms with E-state index in [0.29, 0.717) is 11.8 Å². The van der Waals surface area contributed by atoms with E-state index >= 15 is 0 Å². The highest BCUT2D eigenvalue weighted by Crippen LogP contribution is 2.09. The van der Waals surface area contributed by atoms with Crippen molar-refractivity contribution in [2.24, 2.45) is 0 Å². The number of nitrogens with zero attached hydrogens (tertiary/aromatic N) is 3. The molecule has 96 valence electrons. The molecule has 0 spiro atoms. The molecular weight excluding hydrogens is 216 g/mol. The number of hydrogen-bond donors (Lipinski definition) is 1. The van der Waals surface area contributed by atoms with Gasteiger partial charge in [-0.15, -0.1) is 0 Å². The number of anilines is 1. The molecule has 5 heteroatoms. The van der Waals surface area contributed by atoms with Crippen molar-refractivity contribution >= 4 is 5.95 Å². The Balaban J connectivity index is 2.43. The summed E-state index contributed by atoms with van der Waals surface area (Å²) in [6.45, 7) is 8.92. The van der Waals surface area contributed by atoms with Crippen molar-refractivity contribution in [3.8, 4) is 5.88 Å². The third kappa shape index (κ3) is 5.49. The van der Waals surface area contributed by atoms with E-state index in [-0.39, 0.29) is 6.10 Å². The first-order valence-corrected chi connectivity index (χ1v) is 6.04. The predicted molar refractivity (Wildman–Crippen MR) is 69.5 cm³/mol. The standard InChI is InChI=1S/C12H22N4O/c1-5-16(4)9-8-14-12-13-7-6-11(15-12)17-10(2)3/h6-7,10H,5,8-9H2,1-4H3,(H,13,14,15). The molecule has 0 saturated heterocycles. The highest BCUT2D eigenvalue weighted by Gasteiger charge is 2.02. The van der Waals surface area contributed by atoms with Gasteiger partial charge in [0.15, 0.2) is 0 Å². The number of ether oxygens (including phenoxy) is 1. The quantitative estimate of drug-likeness (QED) is 0.782. The summed E-state index contributed by atoms with van der Waals surface area (Å²) in [7, 11) is 2.08. The Kier molecular flexibility index (Phi) is 5.69. The summed E-state index contributed by atoms with van der Waals surface area (Å²) in [4.78, 5) is 10.6. The second kappa shape index (κ2) is 7.06. The number of aromatic nitrogens is 2. The van der Waals surface area contributed by atoms with Crippen LogP contribution in [0, 0.1) is 0 Å². The molecular formula is C12H22N4O. The minimum atomic E-state index is 0.129. The van der Waals surface area contributed by atoms with Crippen LogP contribution in [-0.4, -0.2) is 47.7 Å². The number of nitrogens with one attached hydrogen (secondary N) is 1. The largest absolute Gasteiger partial charge is 0.475 e. The normalized spacial score (nSPS) is 10.9. The summed E-state index contributed by atoms with van der Waals surface area (Å²) in [5.74, 6) is 1.23. The van der Waals surface area contributed by atoms with Crippen LogP contribution in [0.3, 0.4) is 0 Å². The monoisotopic (exact) mass is 238 g/mol. The average molecular weight is 238 g/mol. The van der Waals surface area contributed by atoms with Crippen molar-refractivity contribution in [3.05, 3.63) is 12.3 Å². The molecule has 1 rings (SSSR count). The summed E-state index contributed by atoms with van der Waals surface area (Å²) in [5, 5.41) is 3.18. The molecule has 0 bridgehead atoms. The maximum Gasteiger partial charge on any atom is 0.225 e. The summed E-state index contributed by atoms with van der Waals surface area (Å²) in [6.07, 6.45) is 1.83. The molecule has 0 aliphatic carbocycles. The first-order valence-electron chi connectivity index (χ1n) is 6.04. The predicted octanol–water partition coefficient (Wildman–Crippen LogP) is 1.63.